The molecule has 0 saturated carbocycles. The van der Waals surface area contributed by atoms with Crippen LogP contribution in [0.4, 0.5) is 13.2 Å². The second-order valence-electron chi connectivity index (χ2n) is 2.89. The van der Waals surface area contributed by atoms with E-state index in [2.05, 4.69) is 5.43 Å². The van der Waals surface area contributed by atoms with Crippen LogP contribution >= 0.6 is 0 Å². The van der Waals surface area contributed by atoms with Gasteiger partial charge >= 0.3 is 6.18 Å². The van der Waals surface area contributed by atoms with Crippen LogP contribution in [0.5, 0.6) is 0 Å². The lowest BCUT2D eigenvalue weighted by molar-refractivity contribution is -0.165. The van der Waals surface area contributed by atoms with Gasteiger partial charge in [0.2, 0.25) is 0 Å². The Hall–Kier alpha value is -2.04. The molecule has 0 radical (unpaired) electrons. The van der Waals surface area contributed by atoms with Gasteiger partial charge in [0.15, 0.2) is 0 Å². The predicted octanol–water partition coefficient (Wildman–Crippen LogP) is 0.946. The summed E-state index contributed by atoms with van der Waals surface area (Å²) in [7, 11) is 0. The monoisotopic (exact) mass is 249 g/mol. The fourth-order valence-electron chi connectivity index (χ4n) is 0.733. The molecule has 0 rings (SSSR count). The number of ketones is 1. The topological polar surface area (TPSA) is 82.0 Å². The molecule has 1 amide bonds. The molecule has 0 aromatic carbocycles. The summed E-state index contributed by atoms with van der Waals surface area (Å²) in [5, 5.41) is 8.16. The molecule has 0 heterocycles. The van der Waals surface area contributed by atoms with Gasteiger partial charge in [-0.25, -0.2) is 0 Å². The van der Waals surface area contributed by atoms with Gasteiger partial charge in [-0.3, -0.25) is 15.0 Å². The van der Waals surface area contributed by atoms with Crippen molar-refractivity contribution in [2.45, 2.75) is 25.9 Å². The van der Waals surface area contributed by atoms with E-state index in [0.717, 1.165) is 0 Å². The van der Waals surface area contributed by atoms with E-state index in [0.29, 0.717) is 6.08 Å². The van der Waals surface area contributed by atoms with Gasteiger partial charge in [-0.05, 0) is 6.42 Å². The Bertz CT molecular complexity index is 369. The van der Waals surface area contributed by atoms with Crippen LogP contribution in [0, 0.1) is 11.3 Å². The van der Waals surface area contributed by atoms with Gasteiger partial charge in [0, 0.05) is 11.8 Å². The van der Waals surface area contributed by atoms with Crippen molar-refractivity contribution >= 4 is 11.7 Å². The molecule has 0 bridgehead atoms. The minimum atomic E-state index is -4.95. The summed E-state index contributed by atoms with van der Waals surface area (Å²) < 4.78 is 35.7. The molecular formula is C9H10F3N3O2. The van der Waals surface area contributed by atoms with Crippen LogP contribution < -0.4 is 10.9 Å². The van der Waals surface area contributed by atoms with Crippen molar-refractivity contribution in [3.63, 3.8) is 0 Å². The number of alkyl halides is 3. The number of nitrogens with one attached hydrogen (secondary N) is 2. The second-order valence-corrected chi connectivity index (χ2v) is 2.89. The Labute approximate surface area is 95.3 Å². The molecule has 0 fully saturated rings. The van der Waals surface area contributed by atoms with Gasteiger partial charge in [-0.1, -0.05) is 6.92 Å². The third kappa shape index (κ3) is 6.19. The third-order valence-electron chi connectivity index (χ3n) is 1.57. The first-order valence-electron chi connectivity index (χ1n) is 4.54. The maximum atomic E-state index is 11.9. The standard InChI is InChI=1S/C9H10F3N3O2/c1-2-6(5-7(16)9(10,11)12)14-15-8(17)3-4-13/h5,14H,2-3H2,1H3,(H,15,17). The highest BCUT2D eigenvalue weighted by molar-refractivity contribution is 5.94. The van der Waals surface area contributed by atoms with Crippen LogP contribution in [0.3, 0.4) is 0 Å². The number of halogens is 3. The van der Waals surface area contributed by atoms with E-state index < -0.39 is 24.3 Å². The molecule has 0 aromatic heterocycles. The van der Waals surface area contributed by atoms with Crippen molar-refractivity contribution in [3.8, 4) is 6.07 Å². The highest BCUT2D eigenvalue weighted by Crippen LogP contribution is 2.17. The van der Waals surface area contributed by atoms with E-state index >= 15 is 0 Å². The summed E-state index contributed by atoms with van der Waals surface area (Å²) >= 11 is 0. The fourth-order valence-corrected chi connectivity index (χ4v) is 0.733. The van der Waals surface area contributed by atoms with E-state index in [-0.39, 0.29) is 12.1 Å². The molecule has 0 aliphatic rings. The summed E-state index contributed by atoms with van der Waals surface area (Å²) in [5.74, 6) is -2.72. The van der Waals surface area contributed by atoms with Crippen LogP contribution in [0.1, 0.15) is 19.8 Å². The summed E-state index contributed by atoms with van der Waals surface area (Å²) in [4.78, 5) is 21.4. The lowest BCUT2D eigenvalue weighted by Gasteiger charge is -2.09. The van der Waals surface area contributed by atoms with Crippen LogP contribution in [-0.2, 0) is 9.59 Å². The molecule has 0 unspecified atom stereocenters. The Morgan fingerprint density at radius 1 is 1.35 bits per heavy atom. The summed E-state index contributed by atoms with van der Waals surface area (Å²) in [6.45, 7) is 1.50. The van der Waals surface area contributed by atoms with Gasteiger partial charge < -0.3 is 5.43 Å². The maximum absolute atomic E-state index is 11.9. The van der Waals surface area contributed by atoms with E-state index in [1.165, 1.54) is 6.92 Å². The molecule has 0 saturated heterocycles. The van der Waals surface area contributed by atoms with Crippen LogP contribution in [0.15, 0.2) is 11.8 Å². The zero-order valence-corrected chi connectivity index (χ0v) is 8.89. The first kappa shape index (κ1) is 15.0. The number of carbonyl (C=O) groups is 2. The normalized spacial score (nSPS) is 11.6. The lowest BCUT2D eigenvalue weighted by atomic mass is 10.2. The summed E-state index contributed by atoms with van der Waals surface area (Å²) in [5.41, 5.74) is 4.04. The van der Waals surface area contributed by atoms with Gasteiger partial charge in [0.25, 0.3) is 11.7 Å². The second kappa shape index (κ2) is 6.52. The van der Waals surface area contributed by atoms with Gasteiger partial charge in [-0.15, -0.1) is 0 Å². The van der Waals surface area contributed by atoms with E-state index in [9.17, 15) is 22.8 Å². The Morgan fingerprint density at radius 2 is 1.94 bits per heavy atom. The number of nitrogens with zero attached hydrogens (tertiary/aromatic N) is 1. The highest BCUT2D eigenvalue weighted by Gasteiger charge is 2.36. The first-order valence-corrected chi connectivity index (χ1v) is 4.54. The fraction of sp³-hybridized carbons (Fsp3) is 0.444. The maximum Gasteiger partial charge on any atom is 0.454 e. The summed E-state index contributed by atoms with van der Waals surface area (Å²) in [6, 6.07) is 1.56. The van der Waals surface area contributed by atoms with Crippen molar-refractivity contribution in [3.05, 3.63) is 11.8 Å². The van der Waals surface area contributed by atoms with Crippen molar-refractivity contribution in [2.75, 3.05) is 0 Å². The van der Waals surface area contributed by atoms with Crippen LogP contribution in [0.25, 0.3) is 0 Å². The highest BCUT2D eigenvalue weighted by atomic mass is 19.4. The average Bonchev–Trinajstić information content (AvgIpc) is 2.22. The minimum Gasteiger partial charge on any atom is -0.303 e. The average molecular weight is 249 g/mol. The van der Waals surface area contributed by atoms with Crippen molar-refractivity contribution in [1.82, 2.24) is 10.9 Å². The van der Waals surface area contributed by atoms with Crippen molar-refractivity contribution in [1.29, 1.82) is 5.26 Å². The zero-order chi connectivity index (χ0) is 13.5. The lowest BCUT2D eigenvalue weighted by Crippen LogP contribution is -2.37. The number of rotatable bonds is 5. The molecule has 0 atom stereocenters. The molecule has 17 heavy (non-hydrogen) atoms. The van der Waals surface area contributed by atoms with Gasteiger partial charge in [0.05, 0.1) is 6.07 Å². The molecule has 0 aromatic rings. The predicted molar refractivity (Wildman–Crippen MR) is 50.9 cm³/mol. The molecule has 2 N–H and O–H groups in total. The Kier molecular flexibility index (Phi) is 5.74. The number of nitriles is 1. The number of hydrogen-bond acceptors (Lipinski definition) is 4. The Balaban J connectivity index is 4.45. The van der Waals surface area contributed by atoms with Crippen LogP contribution in [0.2, 0.25) is 0 Å². The quantitative estimate of drug-likeness (QED) is 0.561. The number of hydrazine groups is 1. The number of carbonyl (C=O) groups excluding carboxylic acids is 2. The smallest absolute Gasteiger partial charge is 0.303 e. The van der Waals surface area contributed by atoms with E-state index in [4.69, 9.17) is 5.26 Å². The largest absolute Gasteiger partial charge is 0.454 e. The number of hydrogen-bond donors (Lipinski definition) is 2. The SMILES string of the molecule is CCC(=CC(=O)C(F)(F)F)NNC(=O)CC#N. The number of amides is 1. The zero-order valence-electron chi connectivity index (χ0n) is 8.89. The molecule has 0 aliphatic heterocycles. The minimum absolute atomic E-state index is 0.0919. The molecular weight excluding hydrogens is 239 g/mol. The van der Waals surface area contributed by atoms with E-state index in [1.54, 1.807) is 6.07 Å². The number of allylic oxidation sites excluding steroid dienone is 2. The molecule has 0 spiro atoms. The van der Waals surface area contributed by atoms with Crippen LogP contribution in [-0.4, -0.2) is 17.9 Å². The van der Waals surface area contributed by atoms with Gasteiger partial charge in [-0.2, -0.15) is 18.4 Å². The first-order chi connectivity index (χ1) is 7.81. The molecule has 5 nitrogen and oxygen atoms in total. The Morgan fingerprint density at radius 3 is 2.35 bits per heavy atom. The molecule has 8 heteroatoms. The molecule has 94 valence electrons. The summed E-state index contributed by atoms with van der Waals surface area (Å²) in [6.07, 6.45) is -4.93. The van der Waals surface area contributed by atoms with Gasteiger partial charge in [0.1, 0.15) is 6.42 Å². The van der Waals surface area contributed by atoms with Crippen molar-refractivity contribution < 1.29 is 22.8 Å². The third-order valence-corrected chi connectivity index (χ3v) is 1.57. The molecule has 0 aliphatic carbocycles. The van der Waals surface area contributed by atoms with E-state index in [1.807, 2.05) is 5.43 Å². The van der Waals surface area contributed by atoms with Crippen molar-refractivity contribution in [2.24, 2.45) is 0 Å².